The van der Waals surface area contributed by atoms with Crippen molar-refractivity contribution in [3.8, 4) is 11.5 Å². The molecule has 166 valence electrons. The van der Waals surface area contributed by atoms with Crippen molar-refractivity contribution < 1.29 is 29.1 Å². The number of amides is 1. The number of aliphatic hydroxyl groups excluding tert-OH is 1. The Kier molecular flexibility index (Phi) is 5.54. The van der Waals surface area contributed by atoms with Gasteiger partial charge in [0.2, 0.25) is 6.79 Å². The number of carbonyl (C=O) groups excluding carboxylic acids is 2. The number of Topliss-reactive ketones (excluding diaryl/α,β-unsaturated/α-hetero) is 1. The fraction of sp³-hybridized carbons (Fsp3) is 0.273. The minimum Gasteiger partial charge on any atom is -0.507 e. The van der Waals surface area contributed by atoms with Crippen LogP contribution in [0.5, 0.6) is 11.5 Å². The Morgan fingerprint density at radius 3 is 2.50 bits per heavy atom. The highest BCUT2D eigenvalue weighted by molar-refractivity contribution is 6.46. The van der Waals surface area contributed by atoms with Crippen LogP contribution in [0.15, 0.2) is 48.0 Å². The van der Waals surface area contributed by atoms with Gasteiger partial charge in [0.05, 0.1) is 16.5 Å². The van der Waals surface area contributed by atoms with Gasteiger partial charge < -0.3 is 24.4 Å². The van der Waals surface area contributed by atoms with E-state index in [1.165, 1.54) is 35.2 Å². The SMILES string of the molecule is CN(C)CCN1C(=O)C(=O)/C(=C(/O)c2ccc3c(c2)OCO3)C1c1ccc([N+](=O)[O-])cc1. The maximum atomic E-state index is 13.0. The number of carbonyl (C=O) groups is 2. The number of ketones is 1. The molecule has 10 heteroatoms. The average molecular weight is 439 g/mol. The molecule has 2 aliphatic rings. The topological polar surface area (TPSA) is 122 Å². The van der Waals surface area contributed by atoms with Gasteiger partial charge in [-0.3, -0.25) is 19.7 Å². The summed E-state index contributed by atoms with van der Waals surface area (Å²) in [7, 11) is 3.67. The van der Waals surface area contributed by atoms with Crippen molar-refractivity contribution in [1.29, 1.82) is 0 Å². The summed E-state index contributed by atoms with van der Waals surface area (Å²) in [4.78, 5) is 39.6. The number of non-ortho nitro benzene ring substituents is 1. The fourth-order valence-electron chi connectivity index (χ4n) is 3.74. The van der Waals surface area contributed by atoms with Crippen molar-refractivity contribution >= 4 is 23.1 Å². The molecule has 2 aromatic carbocycles. The summed E-state index contributed by atoms with van der Waals surface area (Å²) in [6.07, 6.45) is 0. The largest absolute Gasteiger partial charge is 0.507 e. The normalized spacial score (nSPS) is 19.1. The molecule has 0 aliphatic carbocycles. The first kappa shape index (κ1) is 21.3. The van der Waals surface area contributed by atoms with E-state index in [0.717, 1.165) is 0 Å². The number of nitrogens with zero attached hydrogens (tertiary/aromatic N) is 3. The number of nitro benzene ring substituents is 1. The molecule has 2 heterocycles. The number of rotatable bonds is 6. The van der Waals surface area contributed by atoms with E-state index in [9.17, 15) is 24.8 Å². The van der Waals surface area contributed by atoms with Crippen molar-refractivity contribution in [1.82, 2.24) is 9.80 Å². The molecule has 1 N–H and O–H groups in total. The Labute approximate surface area is 183 Å². The molecule has 0 aromatic heterocycles. The zero-order valence-corrected chi connectivity index (χ0v) is 17.5. The highest BCUT2D eigenvalue weighted by Gasteiger charge is 2.46. The molecule has 10 nitrogen and oxygen atoms in total. The molecule has 1 fully saturated rings. The lowest BCUT2D eigenvalue weighted by atomic mass is 9.95. The summed E-state index contributed by atoms with van der Waals surface area (Å²) in [5, 5.41) is 22.1. The van der Waals surface area contributed by atoms with Crippen LogP contribution in [0.4, 0.5) is 5.69 Å². The second-order valence-electron chi connectivity index (χ2n) is 7.71. The number of likely N-dealkylation sites (N-methyl/N-ethyl adjacent to an activating group) is 1. The molecule has 0 saturated carbocycles. The molecule has 32 heavy (non-hydrogen) atoms. The van der Waals surface area contributed by atoms with Crippen molar-refractivity contribution in [2.24, 2.45) is 0 Å². The first-order valence-electron chi connectivity index (χ1n) is 9.85. The molecule has 1 atom stereocenters. The van der Waals surface area contributed by atoms with Gasteiger partial charge in [0.25, 0.3) is 17.4 Å². The quantitative estimate of drug-likeness (QED) is 0.239. The molecule has 4 rings (SSSR count). The van der Waals surface area contributed by atoms with E-state index in [4.69, 9.17) is 9.47 Å². The van der Waals surface area contributed by atoms with Crippen LogP contribution >= 0.6 is 0 Å². The third-order valence-corrected chi connectivity index (χ3v) is 5.39. The van der Waals surface area contributed by atoms with Gasteiger partial charge in [-0.05, 0) is 50.0 Å². The minimum atomic E-state index is -0.888. The lowest BCUT2D eigenvalue weighted by Gasteiger charge is -2.26. The minimum absolute atomic E-state index is 0.0528. The van der Waals surface area contributed by atoms with Crippen LogP contribution in [-0.2, 0) is 9.59 Å². The number of nitro groups is 1. The maximum absolute atomic E-state index is 13.0. The van der Waals surface area contributed by atoms with Crippen LogP contribution in [0.25, 0.3) is 5.76 Å². The molecule has 1 unspecified atom stereocenters. The maximum Gasteiger partial charge on any atom is 0.295 e. The number of likely N-dealkylation sites (tertiary alicyclic amines) is 1. The van der Waals surface area contributed by atoms with Crippen molar-refractivity contribution in [3.05, 3.63) is 69.3 Å². The molecule has 2 aromatic rings. The lowest BCUT2D eigenvalue weighted by Crippen LogP contribution is -2.35. The zero-order valence-electron chi connectivity index (χ0n) is 17.5. The van der Waals surface area contributed by atoms with E-state index in [-0.39, 0.29) is 30.4 Å². The van der Waals surface area contributed by atoms with E-state index in [1.54, 1.807) is 12.1 Å². The third kappa shape index (κ3) is 3.76. The van der Waals surface area contributed by atoms with Gasteiger partial charge in [-0.2, -0.15) is 0 Å². The highest BCUT2D eigenvalue weighted by Crippen LogP contribution is 2.41. The zero-order chi connectivity index (χ0) is 23.0. The Morgan fingerprint density at radius 1 is 1.16 bits per heavy atom. The van der Waals surface area contributed by atoms with Crippen molar-refractivity contribution in [2.75, 3.05) is 34.0 Å². The Bertz CT molecular complexity index is 1120. The van der Waals surface area contributed by atoms with Crippen LogP contribution < -0.4 is 9.47 Å². The van der Waals surface area contributed by atoms with Crippen LogP contribution in [0.2, 0.25) is 0 Å². The molecule has 1 amide bonds. The number of ether oxygens (including phenoxy) is 2. The molecular weight excluding hydrogens is 418 g/mol. The van der Waals surface area contributed by atoms with E-state index in [0.29, 0.717) is 29.2 Å². The standard InChI is InChI=1S/C22H21N3O7/c1-23(2)9-10-24-19(13-3-6-15(7-4-13)25(29)30)18(21(27)22(24)28)20(26)14-5-8-16-17(11-14)32-12-31-16/h3-8,11,19,26H,9-10,12H2,1-2H3/b20-18+. The summed E-state index contributed by atoms with van der Waals surface area (Å²) >= 11 is 0. The summed E-state index contributed by atoms with van der Waals surface area (Å²) < 4.78 is 10.6. The fourth-order valence-corrected chi connectivity index (χ4v) is 3.74. The lowest BCUT2D eigenvalue weighted by molar-refractivity contribution is -0.384. The van der Waals surface area contributed by atoms with E-state index >= 15 is 0 Å². The van der Waals surface area contributed by atoms with Gasteiger partial charge in [0.15, 0.2) is 11.5 Å². The molecule has 1 saturated heterocycles. The molecule has 0 radical (unpaired) electrons. The molecule has 0 spiro atoms. The number of benzene rings is 2. The molecule has 2 aliphatic heterocycles. The smallest absolute Gasteiger partial charge is 0.295 e. The van der Waals surface area contributed by atoms with Gasteiger partial charge in [0, 0.05) is 30.8 Å². The average Bonchev–Trinajstić information content (AvgIpc) is 3.34. The monoisotopic (exact) mass is 439 g/mol. The Hall–Kier alpha value is -3.92. The van der Waals surface area contributed by atoms with Crippen LogP contribution in [0.1, 0.15) is 17.2 Å². The second kappa shape index (κ2) is 8.31. The number of aliphatic hydroxyl groups is 1. The number of fused-ring (bicyclic) bond motifs is 1. The summed E-state index contributed by atoms with van der Waals surface area (Å²) in [5.41, 5.74) is 0.582. The van der Waals surface area contributed by atoms with Gasteiger partial charge >= 0.3 is 0 Å². The van der Waals surface area contributed by atoms with Gasteiger partial charge in [0.1, 0.15) is 5.76 Å². The predicted molar refractivity (Wildman–Crippen MR) is 113 cm³/mol. The van der Waals surface area contributed by atoms with Crippen molar-refractivity contribution in [2.45, 2.75) is 6.04 Å². The summed E-state index contributed by atoms with van der Waals surface area (Å²) in [5.74, 6) is -0.972. The number of hydrogen-bond donors (Lipinski definition) is 1. The third-order valence-electron chi connectivity index (χ3n) is 5.39. The van der Waals surface area contributed by atoms with Crippen LogP contribution in [0, 0.1) is 10.1 Å². The Balaban J connectivity index is 1.82. The summed E-state index contributed by atoms with van der Waals surface area (Å²) in [6.45, 7) is 0.773. The first-order valence-corrected chi connectivity index (χ1v) is 9.85. The Morgan fingerprint density at radius 2 is 1.84 bits per heavy atom. The molecular formula is C22H21N3O7. The van der Waals surface area contributed by atoms with Crippen LogP contribution in [0.3, 0.4) is 0 Å². The summed E-state index contributed by atoms with van der Waals surface area (Å²) in [6, 6.07) is 9.43. The number of hydrogen-bond acceptors (Lipinski definition) is 8. The van der Waals surface area contributed by atoms with Gasteiger partial charge in [-0.1, -0.05) is 0 Å². The first-order chi connectivity index (χ1) is 15.3. The van der Waals surface area contributed by atoms with Crippen LogP contribution in [-0.4, -0.2) is 65.5 Å². The van der Waals surface area contributed by atoms with Crippen molar-refractivity contribution in [3.63, 3.8) is 0 Å². The van der Waals surface area contributed by atoms with E-state index < -0.39 is 22.7 Å². The van der Waals surface area contributed by atoms with Gasteiger partial charge in [-0.15, -0.1) is 0 Å². The van der Waals surface area contributed by atoms with E-state index in [1.807, 2.05) is 19.0 Å². The second-order valence-corrected chi connectivity index (χ2v) is 7.71. The van der Waals surface area contributed by atoms with E-state index in [2.05, 4.69) is 0 Å². The molecule has 0 bridgehead atoms. The van der Waals surface area contributed by atoms with Gasteiger partial charge in [-0.25, -0.2) is 0 Å². The predicted octanol–water partition coefficient (Wildman–Crippen LogP) is 2.31. The highest BCUT2D eigenvalue weighted by atomic mass is 16.7.